The van der Waals surface area contributed by atoms with Crippen LogP contribution in [0.3, 0.4) is 0 Å². The maximum absolute atomic E-state index is 13.7. The third-order valence-electron chi connectivity index (χ3n) is 2.85. The molecule has 0 aliphatic heterocycles. The summed E-state index contributed by atoms with van der Waals surface area (Å²) in [5.74, 6) is 0.452. The van der Waals surface area contributed by atoms with Crippen molar-refractivity contribution in [2.45, 2.75) is 17.9 Å². The molecule has 1 aromatic heterocycles. The van der Waals surface area contributed by atoms with Gasteiger partial charge in [0.05, 0.1) is 11.0 Å². The predicted molar refractivity (Wildman–Crippen MR) is 80.9 cm³/mol. The Bertz CT molecular complexity index is 615. The van der Waals surface area contributed by atoms with Gasteiger partial charge in [0.15, 0.2) is 5.82 Å². The van der Waals surface area contributed by atoms with E-state index >= 15 is 0 Å². The van der Waals surface area contributed by atoms with Gasteiger partial charge in [-0.05, 0) is 13.0 Å². The van der Waals surface area contributed by atoms with Gasteiger partial charge in [-0.15, -0.1) is 0 Å². The molecule has 1 heterocycles. The molecule has 0 aliphatic rings. The van der Waals surface area contributed by atoms with E-state index < -0.39 is 10.8 Å². The zero-order chi connectivity index (χ0) is 14.7. The lowest BCUT2D eigenvalue weighted by atomic mass is 10.1. The predicted octanol–water partition coefficient (Wildman–Crippen LogP) is 2.75. The zero-order valence-electron chi connectivity index (χ0n) is 11.5. The van der Waals surface area contributed by atoms with Gasteiger partial charge in [0.1, 0.15) is 5.82 Å². The summed E-state index contributed by atoms with van der Waals surface area (Å²) in [5.41, 5.74) is 0.467. The molecule has 1 aromatic carbocycles. The number of rotatable bonds is 5. The van der Waals surface area contributed by atoms with Crippen molar-refractivity contribution in [2.75, 3.05) is 19.0 Å². The lowest BCUT2D eigenvalue weighted by Gasteiger charge is -2.11. The van der Waals surface area contributed by atoms with Crippen LogP contribution in [0.15, 0.2) is 24.3 Å². The quantitative estimate of drug-likeness (QED) is 0.851. The van der Waals surface area contributed by atoms with E-state index in [2.05, 4.69) is 9.36 Å². The van der Waals surface area contributed by atoms with Gasteiger partial charge < -0.3 is 4.90 Å². The Morgan fingerprint density at radius 3 is 2.70 bits per heavy atom. The summed E-state index contributed by atoms with van der Waals surface area (Å²) in [7, 11) is 2.50. The molecule has 2 rings (SSSR count). The normalized spacial score (nSPS) is 14.0. The van der Waals surface area contributed by atoms with Crippen molar-refractivity contribution in [3.8, 4) is 0 Å². The minimum atomic E-state index is -1.25. The molecule has 0 N–H and O–H groups in total. The van der Waals surface area contributed by atoms with Crippen LogP contribution in [-0.4, -0.2) is 27.7 Å². The largest absolute Gasteiger partial charge is 0.353 e. The van der Waals surface area contributed by atoms with Crippen molar-refractivity contribution < 1.29 is 8.60 Å². The van der Waals surface area contributed by atoms with Crippen LogP contribution in [0.5, 0.6) is 0 Å². The van der Waals surface area contributed by atoms with Crippen LogP contribution in [-0.2, 0) is 16.6 Å². The van der Waals surface area contributed by atoms with Gasteiger partial charge >= 0.3 is 0 Å². The van der Waals surface area contributed by atoms with E-state index in [1.807, 2.05) is 19.0 Å². The Hall–Kier alpha value is -1.34. The summed E-state index contributed by atoms with van der Waals surface area (Å²) in [6.07, 6.45) is 0. The highest BCUT2D eigenvalue weighted by Gasteiger charge is 2.19. The van der Waals surface area contributed by atoms with E-state index in [0.717, 1.165) is 5.13 Å². The lowest BCUT2D eigenvalue weighted by Crippen LogP contribution is -2.10. The average Bonchev–Trinajstić information content (AvgIpc) is 2.87. The summed E-state index contributed by atoms with van der Waals surface area (Å²) in [5, 5.41) is 0.387. The van der Waals surface area contributed by atoms with Crippen molar-refractivity contribution >= 4 is 27.5 Å². The topological polar surface area (TPSA) is 46.1 Å². The van der Waals surface area contributed by atoms with Gasteiger partial charge in [0.25, 0.3) is 0 Å². The number of hydrogen-bond acceptors (Lipinski definition) is 5. The molecule has 0 bridgehead atoms. The van der Waals surface area contributed by atoms with Crippen LogP contribution in [0.1, 0.15) is 23.6 Å². The Labute approximate surface area is 124 Å². The summed E-state index contributed by atoms with van der Waals surface area (Å²) >= 11 is 1.27. The average molecular weight is 313 g/mol. The molecule has 2 atom stereocenters. The van der Waals surface area contributed by atoms with E-state index in [-0.39, 0.29) is 16.8 Å². The second-order valence-electron chi connectivity index (χ2n) is 4.58. The van der Waals surface area contributed by atoms with Gasteiger partial charge in [0.2, 0.25) is 5.13 Å². The third kappa shape index (κ3) is 3.40. The standard InChI is InChI=1S/C13H16FN3OS2/c1-9(10-6-4-5-7-11(10)14)20(18)8-12-15-13(17(2)3)19-16-12/h4-7,9H,8H2,1-3H3/t9-,20+/m1/s1. The summed E-state index contributed by atoms with van der Waals surface area (Å²) in [6, 6.07) is 6.42. The number of aromatic nitrogens is 2. The van der Waals surface area contributed by atoms with E-state index in [9.17, 15) is 8.60 Å². The summed E-state index contributed by atoms with van der Waals surface area (Å²) in [4.78, 5) is 6.15. The molecule has 0 amide bonds. The molecule has 7 heteroatoms. The fourth-order valence-electron chi connectivity index (χ4n) is 1.68. The second kappa shape index (κ2) is 6.41. The Balaban J connectivity index is 2.09. The third-order valence-corrected chi connectivity index (χ3v) is 5.36. The minimum absolute atomic E-state index is 0.236. The van der Waals surface area contributed by atoms with Gasteiger partial charge in [0, 0.05) is 42.0 Å². The number of nitrogens with zero attached hydrogens (tertiary/aromatic N) is 3. The number of anilines is 1. The van der Waals surface area contributed by atoms with E-state index in [1.165, 1.54) is 17.6 Å². The highest BCUT2D eigenvalue weighted by atomic mass is 32.2. The molecule has 0 fully saturated rings. The fraction of sp³-hybridized carbons (Fsp3) is 0.385. The molecule has 20 heavy (non-hydrogen) atoms. The highest BCUT2D eigenvalue weighted by molar-refractivity contribution is 7.84. The lowest BCUT2D eigenvalue weighted by molar-refractivity contribution is 0.606. The number of halogens is 1. The number of benzene rings is 1. The van der Waals surface area contributed by atoms with Crippen molar-refractivity contribution in [1.29, 1.82) is 0 Å². The smallest absolute Gasteiger partial charge is 0.204 e. The first-order valence-electron chi connectivity index (χ1n) is 6.10. The van der Waals surface area contributed by atoms with Crippen molar-refractivity contribution in [3.05, 3.63) is 41.5 Å². The molecule has 2 aromatic rings. The van der Waals surface area contributed by atoms with Crippen molar-refractivity contribution in [3.63, 3.8) is 0 Å². The SMILES string of the molecule is C[C@H](c1ccccc1F)[S@@](=O)Cc1nsc(N(C)C)n1. The summed E-state index contributed by atoms with van der Waals surface area (Å²) < 4.78 is 30.2. The maximum atomic E-state index is 13.7. The first-order chi connectivity index (χ1) is 9.49. The Morgan fingerprint density at radius 2 is 2.10 bits per heavy atom. The summed E-state index contributed by atoms with van der Waals surface area (Å²) in [6.45, 7) is 1.76. The molecular weight excluding hydrogens is 297 g/mol. The Kier molecular flexibility index (Phi) is 4.82. The van der Waals surface area contributed by atoms with Gasteiger partial charge in [-0.2, -0.15) is 4.37 Å². The van der Waals surface area contributed by atoms with Crippen LogP contribution >= 0.6 is 11.5 Å². The van der Waals surface area contributed by atoms with Gasteiger partial charge in [-0.25, -0.2) is 9.37 Å². The van der Waals surface area contributed by atoms with E-state index in [0.29, 0.717) is 11.4 Å². The zero-order valence-corrected chi connectivity index (χ0v) is 13.2. The second-order valence-corrected chi connectivity index (χ2v) is 7.06. The molecule has 108 valence electrons. The Morgan fingerprint density at radius 1 is 1.40 bits per heavy atom. The molecule has 4 nitrogen and oxygen atoms in total. The first kappa shape index (κ1) is 15.1. The molecule has 0 aliphatic carbocycles. The van der Waals surface area contributed by atoms with Crippen LogP contribution in [0.4, 0.5) is 9.52 Å². The molecule has 0 saturated carbocycles. The van der Waals surface area contributed by atoms with E-state index in [4.69, 9.17) is 0 Å². The van der Waals surface area contributed by atoms with Gasteiger partial charge in [-0.1, -0.05) is 18.2 Å². The molecule has 0 radical (unpaired) electrons. The molecule has 0 unspecified atom stereocenters. The van der Waals surface area contributed by atoms with Crippen LogP contribution in [0, 0.1) is 5.82 Å². The van der Waals surface area contributed by atoms with Crippen LogP contribution in [0.2, 0.25) is 0 Å². The minimum Gasteiger partial charge on any atom is -0.353 e. The fourth-order valence-corrected chi connectivity index (χ4v) is 3.48. The van der Waals surface area contributed by atoms with Crippen molar-refractivity contribution in [2.24, 2.45) is 0 Å². The highest BCUT2D eigenvalue weighted by Crippen LogP contribution is 2.24. The van der Waals surface area contributed by atoms with E-state index in [1.54, 1.807) is 25.1 Å². The van der Waals surface area contributed by atoms with Crippen molar-refractivity contribution in [1.82, 2.24) is 9.36 Å². The molecule has 0 spiro atoms. The van der Waals surface area contributed by atoms with Gasteiger partial charge in [-0.3, -0.25) is 4.21 Å². The maximum Gasteiger partial charge on any atom is 0.204 e. The first-order valence-corrected chi connectivity index (χ1v) is 8.26. The monoisotopic (exact) mass is 313 g/mol. The molecule has 0 saturated heterocycles. The van der Waals surface area contributed by atoms with Crippen LogP contribution in [0.25, 0.3) is 0 Å². The molecular formula is C13H16FN3OS2. The van der Waals surface area contributed by atoms with Crippen LogP contribution < -0.4 is 4.90 Å². The number of hydrogen-bond donors (Lipinski definition) is 0.